The van der Waals surface area contributed by atoms with Crippen LogP contribution in [0.4, 0.5) is 0 Å². The van der Waals surface area contributed by atoms with E-state index >= 15 is 0 Å². The number of rotatable bonds is 7. The van der Waals surface area contributed by atoms with Crippen molar-refractivity contribution < 1.29 is 57.9 Å². The number of Topliss-reactive ketones (excluding diaryl/α,β-unsaturated/α-hetero) is 3. The molecule has 3 aliphatic heterocycles. The van der Waals surface area contributed by atoms with Gasteiger partial charge in [-0.15, -0.1) is 10.2 Å². The molecule has 0 aromatic carbocycles. The molecule has 5 rings (SSSR count). The predicted molar refractivity (Wildman–Crippen MR) is 256 cm³/mol. The Morgan fingerprint density at radius 3 is 2.33 bits per heavy atom. The minimum atomic E-state index is -2.43. The Kier molecular flexibility index (Phi) is 20.8. The van der Waals surface area contributed by atoms with Gasteiger partial charge in [0.25, 0.3) is 11.7 Å². The second-order valence-corrected chi connectivity index (χ2v) is 20.4. The normalized spacial score (nSPS) is 36.3. The van der Waals surface area contributed by atoms with Crippen LogP contribution in [0.15, 0.2) is 53.9 Å². The molecule has 17 heteroatoms. The second kappa shape index (κ2) is 25.7. The number of carbonyl (C=O) groups is 5. The summed E-state index contributed by atoms with van der Waals surface area (Å²) in [6.45, 7) is 12.8. The van der Waals surface area contributed by atoms with Crippen LogP contribution < -0.4 is 0 Å². The van der Waals surface area contributed by atoms with E-state index in [0.29, 0.717) is 56.9 Å². The highest BCUT2D eigenvalue weighted by atomic mass is 16.6. The molecule has 1 aliphatic carbocycles. The second-order valence-electron chi connectivity index (χ2n) is 20.4. The first-order chi connectivity index (χ1) is 32.8. The van der Waals surface area contributed by atoms with Crippen LogP contribution in [-0.2, 0) is 47.7 Å². The summed E-state index contributed by atoms with van der Waals surface area (Å²) in [4.78, 5) is 73.9. The molecule has 4 heterocycles. The van der Waals surface area contributed by atoms with Gasteiger partial charge in [0.15, 0.2) is 17.9 Å². The first-order valence-corrected chi connectivity index (χ1v) is 25.0. The summed E-state index contributed by atoms with van der Waals surface area (Å²) >= 11 is 0. The van der Waals surface area contributed by atoms with Crippen molar-refractivity contribution in [3.05, 3.63) is 53.9 Å². The third-order valence-electron chi connectivity index (χ3n) is 15.2. The van der Waals surface area contributed by atoms with Crippen molar-refractivity contribution in [2.45, 2.75) is 180 Å². The molecule has 1 aromatic heterocycles. The molecule has 3 fully saturated rings. The van der Waals surface area contributed by atoms with Crippen molar-refractivity contribution in [3.8, 4) is 0 Å². The Morgan fingerprint density at radius 1 is 0.899 bits per heavy atom. The largest absolute Gasteiger partial charge is 0.460 e. The summed E-state index contributed by atoms with van der Waals surface area (Å²) < 4.78 is 29.9. The number of ether oxygens (including phenoxy) is 5. The smallest absolute Gasteiger partial charge is 0.329 e. The summed E-state index contributed by atoms with van der Waals surface area (Å²) in [5.74, 6) is -7.91. The lowest BCUT2D eigenvalue weighted by atomic mass is 9.78. The molecule has 1 amide bonds. The zero-order valence-electron chi connectivity index (χ0n) is 42.5. The SMILES string of the molecule is COC1C(=O)C(C)C[C@H](C)C=CC=CC=C(C)[C@@H](OC)C[C@@H]2CC[C@@H](C)[C@@](O)(O2)C(=O)C(=O)N2CCCCC2C(=O)O[C@H]([C@H](C)CC2CC[C@H](n3ncnn3)C(OC)C2)CC(=O)C(C)=CC(C)[C@H]1O. The number of methoxy groups -OCH3 is 3. The lowest BCUT2D eigenvalue weighted by Gasteiger charge is -2.42. The van der Waals surface area contributed by atoms with Crippen LogP contribution >= 0.6 is 0 Å². The van der Waals surface area contributed by atoms with Crippen LogP contribution in [0.5, 0.6) is 0 Å². The van der Waals surface area contributed by atoms with E-state index in [1.807, 2.05) is 58.1 Å². The summed E-state index contributed by atoms with van der Waals surface area (Å²) in [7, 11) is 4.62. The number of aliphatic hydroxyl groups excluding tert-OH is 1. The molecule has 6 unspecified atom stereocenters. The minimum absolute atomic E-state index is 0.0195. The summed E-state index contributed by atoms with van der Waals surface area (Å²) in [6.07, 6.45) is 13.7. The van der Waals surface area contributed by atoms with E-state index in [0.717, 1.165) is 18.4 Å². The number of hydrogen-bond acceptors (Lipinski definition) is 15. The fraction of sp³-hybridized carbons (Fsp3) is 0.731. The zero-order valence-corrected chi connectivity index (χ0v) is 42.5. The fourth-order valence-corrected chi connectivity index (χ4v) is 10.7. The predicted octanol–water partition coefficient (Wildman–Crippen LogP) is 6.05. The quantitative estimate of drug-likeness (QED) is 0.235. The van der Waals surface area contributed by atoms with E-state index in [-0.39, 0.29) is 60.9 Å². The fourth-order valence-electron chi connectivity index (χ4n) is 10.7. The van der Waals surface area contributed by atoms with Crippen molar-refractivity contribution >= 4 is 29.2 Å². The molecule has 2 saturated heterocycles. The number of aromatic nitrogens is 4. The van der Waals surface area contributed by atoms with Crippen molar-refractivity contribution in [3.63, 3.8) is 0 Å². The maximum absolute atomic E-state index is 14.5. The Labute approximate surface area is 408 Å². The number of fused-ring (bicyclic) bond motifs is 3. The van der Waals surface area contributed by atoms with Crippen molar-refractivity contribution in [1.29, 1.82) is 0 Å². The van der Waals surface area contributed by atoms with Gasteiger partial charge in [-0.05, 0) is 112 Å². The van der Waals surface area contributed by atoms with Gasteiger partial charge in [0.2, 0.25) is 5.79 Å². The van der Waals surface area contributed by atoms with Crippen molar-refractivity contribution in [1.82, 2.24) is 25.1 Å². The first-order valence-electron chi connectivity index (χ1n) is 25.0. The van der Waals surface area contributed by atoms with Gasteiger partial charge in [0.1, 0.15) is 18.2 Å². The van der Waals surface area contributed by atoms with Crippen LogP contribution in [0.1, 0.15) is 132 Å². The molecule has 0 spiro atoms. The molecular weight excluding hydrogens is 887 g/mol. The maximum Gasteiger partial charge on any atom is 0.329 e. The molecule has 0 radical (unpaired) electrons. The van der Waals surface area contributed by atoms with E-state index in [2.05, 4.69) is 15.4 Å². The van der Waals surface area contributed by atoms with Gasteiger partial charge in [0, 0.05) is 58.5 Å². The number of esters is 1. The monoisotopic (exact) mass is 966 g/mol. The molecule has 1 saturated carbocycles. The number of ketones is 3. The highest BCUT2D eigenvalue weighted by molar-refractivity contribution is 6.39. The van der Waals surface area contributed by atoms with Gasteiger partial charge in [-0.3, -0.25) is 19.2 Å². The third kappa shape index (κ3) is 14.2. The highest BCUT2D eigenvalue weighted by Gasteiger charge is 2.53. The van der Waals surface area contributed by atoms with Gasteiger partial charge >= 0.3 is 5.97 Å². The summed E-state index contributed by atoms with van der Waals surface area (Å²) in [5.41, 5.74) is 1.20. The number of piperidine rings is 1. The van der Waals surface area contributed by atoms with E-state index in [4.69, 9.17) is 23.7 Å². The van der Waals surface area contributed by atoms with Crippen LogP contribution in [0.2, 0.25) is 0 Å². The number of cyclic esters (lactones) is 1. The van der Waals surface area contributed by atoms with Crippen LogP contribution in [0.3, 0.4) is 0 Å². The number of nitrogens with zero attached hydrogens (tertiary/aromatic N) is 5. The van der Waals surface area contributed by atoms with Gasteiger partial charge < -0.3 is 38.8 Å². The van der Waals surface area contributed by atoms with Crippen LogP contribution in [0.25, 0.3) is 0 Å². The Balaban J connectivity index is 1.46. The number of allylic oxidation sites excluding steroid dienone is 6. The molecule has 4 aliphatic rings. The summed E-state index contributed by atoms with van der Waals surface area (Å²) in [6, 6.07) is -1.25. The number of aliphatic hydroxyl groups is 2. The van der Waals surface area contributed by atoms with Gasteiger partial charge in [-0.1, -0.05) is 71.1 Å². The molecule has 2 bridgehead atoms. The number of carbonyl (C=O) groups excluding carboxylic acids is 5. The standard InChI is InChI=1S/C52H79N5O12/c1-31-16-12-11-13-17-32(2)43(65-8)28-39-21-19-37(7)52(64,69-39)49(61)50(62)56-23-15-14-18-41(56)51(63)68-44(34(4)26-38-20-22-40(45(27-38)66-9)57-54-30-53-55-57)29-42(58)33(3)25-36(6)47(60)48(67-10)46(59)35(5)24-31/h11-13,16-17,25,30-31,34-41,43-45,47-48,60,64H,14-15,18-24,26-29H2,1-10H3/t31-,34-,35?,36?,37-,38?,39+,40+,41?,43+,44+,45?,47-,48?,52-/m1/s1. The zero-order chi connectivity index (χ0) is 50.6. The number of tetrazole rings is 1. The van der Waals surface area contributed by atoms with Crippen molar-refractivity contribution in [2.75, 3.05) is 27.9 Å². The van der Waals surface area contributed by atoms with E-state index in [1.54, 1.807) is 45.9 Å². The lowest BCUT2D eigenvalue weighted by Crippen LogP contribution is -2.61. The maximum atomic E-state index is 14.5. The average Bonchev–Trinajstić information content (AvgIpc) is 3.88. The third-order valence-corrected chi connectivity index (χ3v) is 15.2. The number of hydrogen-bond donors (Lipinski definition) is 2. The van der Waals surface area contributed by atoms with E-state index < -0.39 is 77.8 Å². The van der Waals surface area contributed by atoms with E-state index in [9.17, 15) is 34.2 Å². The molecule has 15 atom stereocenters. The van der Waals surface area contributed by atoms with E-state index in [1.165, 1.54) is 18.3 Å². The van der Waals surface area contributed by atoms with Crippen molar-refractivity contribution in [2.24, 2.45) is 35.5 Å². The minimum Gasteiger partial charge on any atom is -0.460 e. The topological polar surface area (TPSA) is 219 Å². The molecular formula is C52H79N5O12. The Bertz CT molecular complexity index is 2020. The molecule has 1 aromatic rings. The Hall–Kier alpha value is -4.26. The van der Waals surface area contributed by atoms with Gasteiger partial charge in [-0.2, -0.15) is 4.80 Å². The van der Waals surface area contributed by atoms with Crippen LogP contribution in [0, 0.1) is 35.5 Å². The average molecular weight is 966 g/mol. The summed E-state index contributed by atoms with van der Waals surface area (Å²) in [5, 5.41) is 35.7. The number of amides is 1. The van der Waals surface area contributed by atoms with Crippen LogP contribution in [-0.4, -0.2) is 141 Å². The molecule has 69 heavy (non-hydrogen) atoms. The molecule has 384 valence electrons. The highest BCUT2D eigenvalue weighted by Crippen LogP contribution is 2.39. The molecule has 17 nitrogen and oxygen atoms in total. The molecule has 2 N–H and O–H groups in total. The van der Waals surface area contributed by atoms with Gasteiger partial charge in [0.05, 0.1) is 30.5 Å². The Morgan fingerprint density at radius 2 is 1.65 bits per heavy atom. The first kappa shape index (κ1) is 55.7. The lowest BCUT2D eigenvalue weighted by molar-refractivity contribution is -0.265. The van der Waals surface area contributed by atoms with Gasteiger partial charge in [-0.25, -0.2) is 4.79 Å².